The van der Waals surface area contributed by atoms with Crippen LogP contribution >= 0.6 is 11.3 Å². The second-order valence-electron chi connectivity index (χ2n) is 4.63. The third-order valence-electron chi connectivity index (χ3n) is 3.37. The first-order chi connectivity index (χ1) is 10.3. The van der Waals surface area contributed by atoms with Crippen molar-refractivity contribution in [3.63, 3.8) is 0 Å². The van der Waals surface area contributed by atoms with E-state index in [4.69, 9.17) is 10.3 Å². The van der Waals surface area contributed by atoms with E-state index in [1.165, 1.54) is 4.70 Å². The van der Waals surface area contributed by atoms with Crippen LogP contribution < -0.4 is 5.73 Å². The van der Waals surface area contributed by atoms with Gasteiger partial charge >= 0.3 is 0 Å². The van der Waals surface area contributed by atoms with E-state index >= 15 is 0 Å². The second kappa shape index (κ2) is 4.71. The highest BCUT2D eigenvalue weighted by Crippen LogP contribution is 2.40. The summed E-state index contributed by atoms with van der Waals surface area (Å²) in [5.41, 5.74) is 8.50. The summed E-state index contributed by atoms with van der Waals surface area (Å²) in [4.78, 5) is 4.36. The number of nitrogens with zero attached hydrogens (tertiary/aromatic N) is 2. The molecule has 0 amide bonds. The zero-order chi connectivity index (χ0) is 14.2. The molecule has 0 atom stereocenters. The lowest BCUT2D eigenvalue weighted by Crippen LogP contribution is -1.90. The molecule has 0 bridgehead atoms. The number of thiophene rings is 1. The number of benzene rings is 1. The minimum absolute atomic E-state index is 0.360. The van der Waals surface area contributed by atoms with E-state index in [0.29, 0.717) is 11.6 Å². The molecular formula is C16H11N3OS. The maximum Gasteiger partial charge on any atom is 0.179 e. The topological polar surface area (TPSA) is 64.9 Å². The van der Waals surface area contributed by atoms with Gasteiger partial charge in [0.05, 0.1) is 11.3 Å². The van der Waals surface area contributed by atoms with Crippen molar-refractivity contribution in [3.05, 3.63) is 54.0 Å². The fourth-order valence-electron chi connectivity index (χ4n) is 2.40. The minimum Gasteiger partial charge on any atom is -0.380 e. The van der Waals surface area contributed by atoms with E-state index in [9.17, 15) is 0 Å². The Bertz CT molecular complexity index is 912. The van der Waals surface area contributed by atoms with Crippen LogP contribution in [0.5, 0.6) is 0 Å². The smallest absolute Gasteiger partial charge is 0.179 e. The molecule has 21 heavy (non-hydrogen) atoms. The van der Waals surface area contributed by atoms with Crippen LogP contribution in [0.4, 0.5) is 5.82 Å². The van der Waals surface area contributed by atoms with Gasteiger partial charge in [-0.25, -0.2) is 0 Å². The summed E-state index contributed by atoms with van der Waals surface area (Å²) < 4.78 is 6.70. The monoisotopic (exact) mass is 293 g/mol. The van der Waals surface area contributed by atoms with Crippen molar-refractivity contribution in [2.24, 2.45) is 0 Å². The second-order valence-corrected chi connectivity index (χ2v) is 5.54. The Kier molecular flexibility index (Phi) is 2.72. The first kappa shape index (κ1) is 12.1. The van der Waals surface area contributed by atoms with Crippen LogP contribution in [0.15, 0.2) is 58.6 Å². The first-order valence-electron chi connectivity index (χ1n) is 6.48. The van der Waals surface area contributed by atoms with Crippen molar-refractivity contribution in [1.82, 2.24) is 10.1 Å². The molecular weight excluding hydrogens is 282 g/mol. The number of nitrogens with two attached hydrogens (primary N) is 1. The average Bonchev–Trinajstić information content (AvgIpc) is 3.11. The van der Waals surface area contributed by atoms with Crippen molar-refractivity contribution in [2.45, 2.75) is 0 Å². The fourth-order valence-corrected chi connectivity index (χ4v) is 3.34. The molecule has 0 aliphatic carbocycles. The lowest BCUT2D eigenvalue weighted by atomic mass is 10.0. The van der Waals surface area contributed by atoms with E-state index in [1.807, 2.05) is 30.3 Å². The summed E-state index contributed by atoms with van der Waals surface area (Å²) in [5, 5.41) is 7.12. The Morgan fingerprint density at radius 2 is 1.90 bits per heavy atom. The van der Waals surface area contributed by atoms with Gasteiger partial charge in [-0.05, 0) is 18.2 Å². The van der Waals surface area contributed by atoms with Gasteiger partial charge in [-0.1, -0.05) is 29.4 Å². The van der Waals surface area contributed by atoms with Gasteiger partial charge in [-0.15, -0.1) is 11.3 Å². The van der Waals surface area contributed by atoms with Crippen molar-refractivity contribution in [3.8, 4) is 22.6 Å². The Morgan fingerprint density at radius 3 is 2.76 bits per heavy atom. The number of fused-ring (bicyclic) bond motifs is 1. The van der Waals surface area contributed by atoms with E-state index in [-0.39, 0.29) is 0 Å². The molecule has 0 saturated carbocycles. The van der Waals surface area contributed by atoms with Gasteiger partial charge in [0.2, 0.25) is 0 Å². The maximum absolute atomic E-state index is 5.98. The van der Waals surface area contributed by atoms with Crippen molar-refractivity contribution >= 4 is 27.2 Å². The van der Waals surface area contributed by atoms with Crippen LogP contribution in [0.2, 0.25) is 0 Å². The third-order valence-corrected chi connectivity index (χ3v) is 4.33. The van der Waals surface area contributed by atoms with Gasteiger partial charge in [-0.3, -0.25) is 4.98 Å². The summed E-state index contributed by atoms with van der Waals surface area (Å²) in [5.74, 6) is 1.03. The zero-order valence-corrected chi connectivity index (χ0v) is 11.8. The van der Waals surface area contributed by atoms with Crippen molar-refractivity contribution < 1.29 is 4.52 Å². The average molecular weight is 293 g/mol. The Labute approximate surface area is 124 Å². The van der Waals surface area contributed by atoms with Crippen LogP contribution in [-0.2, 0) is 0 Å². The number of rotatable bonds is 2. The van der Waals surface area contributed by atoms with Crippen LogP contribution in [-0.4, -0.2) is 10.1 Å². The standard InChI is InChI=1S/C16H11N3OS/c17-16-14(12-6-3-4-8-18-12)15(20-19-16)11-9-21-13-7-2-1-5-10(11)13/h1-9H,(H2,17,19). The molecule has 3 heterocycles. The van der Waals surface area contributed by atoms with E-state index < -0.39 is 0 Å². The molecule has 5 heteroatoms. The predicted octanol–water partition coefficient (Wildman–Crippen LogP) is 4.20. The number of hydrogen-bond donors (Lipinski definition) is 1. The summed E-state index contributed by atoms with van der Waals surface area (Å²) in [6.07, 6.45) is 1.73. The van der Waals surface area contributed by atoms with Crippen LogP contribution in [0.25, 0.3) is 32.7 Å². The first-order valence-corrected chi connectivity index (χ1v) is 7.35. The lowest BCUT2D eigenvalue weighted by Gasteiger charge is -2.01. The van der Waals surface area contributed by atoms with E-state index in [0.717, 1.165) is 22.2 Å². The van der Waals surface area contributed by atoms with E-state index in [1.54, 1.807) is 17.5 Å². The van der Waals surface area contributed by atoms with Crippen LogP contribution in [0, 0.1) is 0 Å². The maximum atomic E-state index is 5.98. The Hall–Kier alpha value is -2.66. The summed E-state index contributed by atoms with van der Waals surface area (Å²) >= 11 is 1.67. The SMILES string of the molecule is Nc1noc(-c2csc3ccccc23)c1-c1ccccn1. The largest absolute Gasteiger partial charge is 0.380 e. The molecule has 0 aliphatic rings. The van der Waals surface area contributed by atoms with Gasteiger partial charge in [0.1, 0.15) is 0 Å². The summed E-state index contributed by atoms with van der Waals surface area (Å²) in [6, 6.07) is 13.9. The molecule has 0 radical (unpaired) electrons. The summed E-state index contributed by atoms with van der Waals surface area (Å²) in [6.45, 7) is 0. The Morgan fingerprint density at radius 1 is 1.05 bits per heavy atom. The molecule has 0 saturated heterocycles. The number of anilines is 1. The molecule has 4 aromatic rings. The van der Waals surface area contributed by atoms with Crippen LogP contribution in [0.1, 0.15) is 0 Å². The summed E-state index contributed by atoms with van der Waals surface area (Å²) in [7, 11) is 0. The quantitative estimate of drug-likeness (QED) is 0.601. The molecule has 4 rings (SSSR count). The highest BCUT2D eigenvalue weighted by Gasteiger charge is 2.20. The van der Waals surface area contributed by atoms with Crippen molar-refractivity contribution in [2.75, 3.05) is 5.73 Å². The van der Waals surface area contributed by atoms with Gasteiger partial charge in [-0.2, -0.15) is 0 Å². The zero-order valence-electron chi connectivity index (χ0n) is 11.0. The molecule has 4 nitrogen and oxygen atoms in total. The van der Waals surface area contributed by atoms with Gasteiger partial charge in [0, 0.05) is 27.2 Å². The molecule has 3 aromatic heterocycles. The molecule has 0 spiro atoms. The fraction of sp³-hybridized carbons (Fsp3) is 0. The number of pyridine rings is 1. The Balaban J connectivity index is 1.98. The molecule has 0 aliphatic heterocycles. The predicted molar refractivity (Wildman–Crippen MR) is 85.0 cm³/mol. The van der Waals surface area contributed by atoms with E-state index in [2.05, 4.69) is 27.7 Å². The number of nitrogen functional groups attached to an aromatic ring is 1. The number of aromatic nitrogens is 2. The molecule has 0 unspecified atom stereocenters. The number of hydrogen-bond acceptors (Lipinski definition) is 5. The highest BCUT2D eigenvalue weighted by molar-refractivity contribution is 7.17. The normalized spacial score (nSPS) is 11.0. The van der Waals surface area contributed by atoms with Gasteiger partial charge in [0.25, 0.3) is 0 Å². The van der Waals surface area contributed by atoms with Gasteiger partial charge < -0.3 is 10.3 Å². The molecule has 2 N–H and O–H groups in total. The van der Waals surface area contributed by atoms with Gasteiger partial charge in [0.15, 0.2) is 11.6 Å². The highest BCUT2D eigenvalue weighted by atomic mass is 32.1. The lowest BCUT2D eigenvalue weighted by molar-refractivity contribution is 0.436. The molecule has 1 aromatic carbocycles. The molecule has 102 valence electrons. The molecule has 0 fully saturated rings. The minimum atomic E-state index is 0.360. The third kappa shape index (κ3) is 1.90. The van der Waals surface area contributed by atoms with Crippen LogP contribution in [0.3, 0.4) is 0 Å². The van der Waals surface area contributed by atoms with Crippen molar-refractivity contribution in [1.29, 1.82) is 0 Å².